The van der Waals surface area contributed by atoms with Gasteiger partial charge in [-0.1, -0.05) is 23.8 Å². The molecular formula is C11H13N3O. The summed E-state index contributed by atoms with van der Waals surface area (Å²) in [5, 5.41) is 17.0. The summed E-state index contributed by atoms with van der Waals surface area (Å²) in [6, 6.07) is 8.05. The summed E-state index contributed by atoms with van der Waals surface area (Å²) in [5.74, 6) is 1.36. The van der Waals surface area contributed by atoms with Crippen LogP contribution in [-0.2, 0) is 13.7 Å². The predicted octanol–water partition coefficient (Wildman–Crippen LogP) is 1.28. The van der Waals surface area contributed by atoms with Gasteiger partial charge in [0.2, 0.25) is 0 Å². The molecule has 0 aliphatic carbocycles. The lowest BCUT2D eigenvalue weighted by Gasteiger charge is -2.02. The smallest absolute Gasteiger partial charge is 0.163 e. The second-order valence-electron chi connectivity index (χ2n) is 3.53. The Balaban J connectivity index is 2.49. The van der Waals surface area contributed by atoms with Gasteiger partial charge < -0.3 is 9.67 Å². The highest BCUT2D eigenvalue weighted by atomic mass is 16.3. The van der Waals surface area contributed by atoms with Crippen LogP contribution < -0.4 is 0 Å². The van der Waals surface area contributed by atoms with Crippen LogP contribution in [0.25, 0.3) is 11.4 Å². The summed E-state index contributed by atoms with van der Waals surface area (Å²) < 4.78 is 1.80. The largest absolute Gasteiger partial charge is 0.388 e. The lowest BCUT2D eigenvalue weighted by atomic mass is 10.1. The van der Waals surface area contributed by atoms with Crippen LogP contribution >= 0.6 is 0 Å². The molecule has 2 aromatic rings. The van der Waals surface area contributed by atoms with Crippen LogP contribution in [0, 0.1) is 6.92 Å². The molecule has 1 N–H and O–H groups in total. The van der Waals surface area contributed by atoms with Gasteiger partial charge in [-0.05, 0) is 13.0 Å². The van der Waals surface area contributed by atoms with E-state index in [-0.39, 0.29) is 6.61 Å². The molecule has 0 bridgehead atoms. The third kappa shape index (κ3) is 1.76. The molecule has 1 heterocycles. The Morgan fingerprint density at radius 2 is 2.13 bits per heavy atom. The zero-order valence-electron chi connectivity index (χ0n) is 8.81. The van der Waals surface area contributed by atoms with Crippen molar-refractivity contribution in [3.63, 3.8) is 0 Å². The summed E-state index contributed by atoms with van der Waals surface area (Å²) in [7, 11) is 1.85. The SMILES string of the molecule is Cc1cccc(-c2nnc(CO)n2C)c1. The van der Waals surface area contributed by atoms with Crippen LogP contribution in [0.3, 0.4) is 0 Å². The first kappa shape index (κ1) is 9.86. The maximum atomic E-state index is 9.01. The molecule has 0 amide bonds. The van der Waals surface area contributed by atoms with Crippen molar-refractivity contribution in [1.29, 1.82) is 0 Å². The number of nitrogens with zero attached hydrogens (tertiary/aromatic N) is 3. The Labute approximate surface area is 88.2 Å². The van der Waals surface area contributed by atoms with E-state index in [1.807, 2.05) is 38.2 Å². The van der Waals surface area contributed by atoms with Gasteiger partial charge in [0.1, 0.15) is 6.61 Å². The molecule has 0 saturated heterocycles. The van der Waals surface area contributed by atoms with Crippen LogP contribution in [0.1, 0.15) is 11.4 Å². The molecule has 15 heavy (non-hydrogen) atoms. The summed E-state index contributed by atoms with van der Waals surface area (Å²) in [6.45, 7) is 1.95. The maximum Gasteiger partial charge on any atom is 0.163 e. The standard InChI is InChI=1S/C11H13N3O/c1-8-4-3-5-9(6-8)11-13-12-10(7-15)14(11)2/h3-6,15H,7H2,1-2H3. The second-order valence-corrected chi connectivity index (χ2v) is 3.53. The van der Waals surface area contributed by atoms with E-state index >= 15 is 0 Å². The van der Waals surface area contributed by atoms with Gasteiger partial charge in [0, 0.05) is 12.6 Å². The minimum Gasteiger partial charge on any atom is -0.388 e. The molecule has 0 radical (unpaired) electrons. The number of aryl methyl sites for hydroxylation is 1. The normalized spacial score (nSPS) is 10.6. The molecular weight excluding hydrogens is 190 g/mol. The predicted molar refractivity (Wildman–Crippen MR) is 57.1 cm³/mol. The van der Waals surface area contributed by atoms with Crippen LogP contribution in [0.2, 0.25) is 0 Å². The fraction of sp³-hybridized carbons (Fsp3) is 0.273. The maximum absolute atomic E-state index is 9.01. The molecule has 0 unspecified atom stereocenters. The van der Waals surface area contributed by atoms with Gasteiger partial charge in [-0.15, -0.1) is 10.2 Å². The van der Waals surface area contributed by atoms with Crippen molar-refractivity contribution < 1.29 is 5.11 Å². The van der Waals surface area contributed by atoms with Crippen molar-refractivity contribution in [2.45, 2.75) is 13.5 Å². The number of benzene rings is 1. The lowest BCUT2D eigenvalue weighted by molar-refractivity contribution is 0.267. The summed E-state index contributed by atoms with van der Waals surface area (Å²) in [5.41, 5.74) is 2.20. The summed E-state index contributed by atoms with van der Waals surface area (Å²) in [4.78, 5) is 0. The second kappa shape index (κ2) is 3.82. The Hall–Kier alpha value is -1.68. The number of rotatable bonds is 2. The quantitative estimate of drug-likeness (QED) is 0.800. The number of aliphatic hydroxyl groups excluding tert-OH is 1. The first-order valence-corrected chi connectivity index (χ1v) is 4.78. The molecule has 0 aliphatic heterocycles. The van der Waals surface area contributed by atoms with Crippen molar-refractivity contribution in [3.05, 3.63) is 35.7 Å². The van der Waals surface area contributed by atoms with E-state index in [9.17, 15) is 0 Å². The number of aromatic nitrogens is 3. The summed E-state index contributed by atoms with van der Waals surface area (Å²) in [6.07, 6.45) is 0. The van der Waals surface area contributed by atoms with Gasteiger partial charge >= 0.3 is 0 Å². The van der Waals surface area contributed by atoms with Crippen LogP contribution in [0.5, 0.6) is 0 Å². The Kier molecular flexibility index (Phi) is 2.51. The molecule has 2 rings (SSSR count). The van der Waals surface area contributed by atoms with Crippen molar-refractivity contribution >= 4 is 0 Å². The minimum absolute atomic E-state index is 0.0880. The van der Waals surface area contributed by atoms with Crippen LogP contribution in [0.4, 0.5) is 0 Å². The zero-order chi connectivity index (χ0) is 10.8. The first-order chi connectivity index (χ1) is 7.22. The van der Waals surface area contributed by atoms with E-state index < -0.39 is 0 Å². The minimum atomic E-state index is -0.0880. The van der Waals surface area contributed by atoms with Crippen molar-refractivity contribution in [2.24, 2.45) is 7.05 Å². The van der Waals surface area contributed by atoms with E-state index in [1.54, 1.807) is 4.57 Å². The molecule has 0 spiro atoms. The van der Waals surface area contributed by atoms with E-state index in [4.69, 9.17) is 5.11 Å². The fourth-order valence-corrected chi connectivity index (χ4v) is 1.53. The van der Waals surface area contributed by atoms with Gasteiger partial charge in [-0.25, -0.2) is 0 Å². The van der Waals surface area contributed by atoms with E-state index in [2.05, 4.69) is 10.2 Å². The molecule has 0 saturated carbocycles. The van der Waals surface area contributed by atoms with Crippen LogP contribution in [-0.4, -0.2) is 19.9 Å². The van der Waals surface area contributed by atoms with Crippen molar-refractivity contribution in [2.75, 3.05) is 0 Å². The average molecular weight is 203 g/mol. The molecule has 4 nitrogen and oxygen atoms in total. The molecule has 0 aliphatic rings. The fourth-order valence-electron chi connectivity index (χ4n) is 1.53. The zero-order valence-corrected chi connectivity index (χ0v) is 8.81. The van der Waals surface area contributed by atoms with Gasteiger partial charge in [0.25, 0.3) is 0 Å². The monoisotopic (exact) mass is 203 g/mol. The average Bonchev–Trinajstić information content (AvgIpc) is 2.59. The third-order valence-electron chi connectivity index (χ3n) is 2.38. The van der Waals surface area contributed by atoms with Gasteiger partial charge in [-0.2, -0.15) is 0 Å². The number of hydrogen-bond acceptors (Lipinski definition) is 3. The van der Waals surface area contributed by atoms with Crippen molar-refractivity contribution in [1.82, 2.24) is 14.8 Å². The van der Waals surface area contributed by atoms with Crippen LogP contribution in [0.15, 0.2) is 24.3 Å². The molecule has 1 aromatic carbocycles. The van der Waals surface area contributed by atoms with E-state index in [0.29, 0.717) is 5.82 Å². The Morgan fingerprint density at radius 3 is 2.73 bits per heavy atom. The van der Waals surface area contributed by atoms with Gasteiger partial charge in [0.05, 0.1) is 0 Å². The molecule has 0 atom stereocenters. The Bertz CT molecular complexity index is 476. The highest BCUT2D eigenvalue weighted by molar-refractivity contribution is 5.56. The highest BCUT2D eigenvalue weighted by Gasteiger charge is 2.09. The van der Waals surface area contributed by atoms with E-state index in [0.717, 1.165) is 11.4 Å². The summed E-state index contributed by atoms with van der Waals surface area (Å²) >= 11 is 0. The first-order valence-electron chi connectivity index (χ1n) is 4.78. The molecule has 0 fully saturated rings. The van der Waals surface area contributed by atoms with Crippen molar-refractivity contribution in [3.8, 4) is 11.4 Å². The highest BCUT2D eigenvalue weighted by Crippen LogP contribution is 2.18. The third-order valence-corrected chi connectivity index (χ3v) is 2.38. The number of hydrogen-bond donors (Lipinski definition) is 1. The van der Waals surface area contributed by atoms with Gasteiger partial charge in [0.15, 0.2) is 11.6 Å². The topological polar surface area (TPSA) is 50.9 Å². The van der Waals surface area contributed by atoms with Gasteiger partial charge in [-0.3, -0.25) is 0 Å². The van der Waals surface area contributed by atoms with E-state index in [1.165, 1.54) is 5.56 Å². The molecule has 78 valence electrons. The number of aliphatic hydroxyl groups is 1. The Morgan fingerprint density at radius 1 is 1.33 bits per heavy atom. The molecule has 4 heteroatoms. The molecule has 1 aromatic heterocycles. The lowest BCUT2D eigenvalue weighted by Crippen LogP contribution is -1.99.